The number of carboxylic acid groups (broad SMARTS) is 1. The van der Waals surface area contributed by atoms with Gasteiger partial charge in [-0.3, -0.25) is 0 Å². The van der Waals surface area contributed by atoms with E-state index in [2.05, 4.69) is 0 Å². The van der Waals surface area contributed by atoms with Gasteiger partial charge >= 0.3 is 5.97 Å². The van der Waals surface area contributed by atoms with Crippen molar-refractivity contribution in [2.75, 3.05) is 0 Å². The minimum Gasteiger partial charge on any atom is -0.478 e. The predicted octanol–water partition coefficient (Wildman–Crippen LogP) is 1.58. The highest BCUT2D eigenvalue weighted by atomic mass is 16.4. The van der Waals surface area contributed by atoms with E-state index in [1.807, 2.05) is 19.9 Å². The van der Waals surface area contributed by atoms with E-state index in [1.165, 1.54) is 0 Å². The Bertz CT molecular complexity index is 345. The summed E-state index contributed by atoms with van der Waals surface area (Å²) < 4.78 is 0. The van der Waals surface area contributed by atoms with E-state index in [-0.39, 0.29) is 6.04 Å². The zero-order valence-electron chi connectivity index (χ0n) is 8.45. The molecule has 1 aromatic rings. The molecule has 3 heteroatoms. The summed E-state index contributed by atoms with van der Waals surface area (Å²) in [5, 5.41) is 8.76. The average molecular weight is 193 g/mol. The molecule has 0 radical (unpaired) electrons. The smallest absolute Gasteiger partial charge is 0.335 e. The Morgan fingerprint density at radius 1 is 1.57 bits per heavy atom. The van der Waals surface area contributed by atoms with E-state index >= 15 is 0 Å². The molecule has 0 aromatic heterocycles. The summed E-state index contributed by atoms with van der Waals surface area (Å²) >= 11 is 0. The molecule has 0 amide bonds. The molecule has 0 aliphatic heterocycles. The minimum absolute atomic E-state index is 0.101. The molecular formula is C11H15NO2. The van der Waals surface area contributed by atoms with Gasteiger partial charge in [0.05, 0.1) is 5.56 Å². The molecule has 14 heavy (non-hydrogen) atoms. The van der Waals surface area contributed by atoms with Crippen molar-refractivity contribution in [3.63, 3.8) is 0 Å². The van der Waals surface area contributed by atoms with Gasteiger partial charge in [0.2, 0.25) is 0 Å². The van der Waals surface area contributed by atoms with Crippen molar-refractivity contribution >= 4 is 5.97 Å². The largest absolute Gasteiger partial charge is 0.478 e. The highest BCUT2D eigenvalue weighted by Crippen LogP contribution is 2.12. The van der Waals surface area contributed by atoms with Crippen LogP contribution < -0.4 is 5.73 Å². The maximum absolute atomic E-state index is 10.7. The summed E-state index contributed by atoms with van der Waals surface area (Å²) in [4.78, 5) is 10.7. The van der Waals surface area contributed by atoms with Crippen LogP contribution in [-0.2, 0) is 6.42 Å². The van der Waals surface area contributed by atoms with Crippen LogP contribution in [0.4, 0.5) is 0 Å². The Morgan fingerprint density at radius 2 is 2.21 bits per heavy atom. The van der Waals surface area contributed by atoms with Crippen molar-refractivity contribution in [2.24, 2.45) is 5.73 Å². The second-order valence-corrected chi connectivity index (χ2v) is 3.63. The van der Waals surface area contributed by atoms with Crippen LogP contribution in [0.2, 0.25) is 0 Å². The molecule has 0 aliphatic rings. The first-order valence-corrected chi connectivity index (χ1v) is 4.59. The Labute approximate surface area is 83.6 Å². The molecule has 1 aromatic carbocycles. The van der Waals surface area contributed by atoms with Crippen molar-refractivity contribution < 1.29 is 9.90 Å². The summed E-state index contributed by atoms with van der Waals surface area (Å²) in [5.41, 5.74) is 8.11. The van der Waals surface area contributed by atoms with Crippen LogP contribution in [0, 0.1) is 6.92 Å². The number of aryl methyl sites for hydroxylation is 1. The number of carbonyl (C=O) groups is 1. The van der Waals surface area contributed by atoms with Gasteiger partial charge in [-0.15, -0.1) is 0 Å². The molecule has 0 aliphatic carbocycles. The number of hydrogen-bond acceptors (Lipinski definition) is 2. The fourth-order valence-corrected chi connectivity index (χ4v) is 1.40. The Hall–Kier alpha value is -1.35. The van der Waals surface area contributed by atoms with Crippen LogP contribution >= 0.6 is 0 Å². The fraction of sp³-hybridized carbons (Fsp3) is 0.364. The van der Waals surface area contributed by atoms with Gasteiger partial charge in [-0.2, -0.15) is 0 Å². The van der Waals surface area contributed by atoms with Crippen molar-refractivity contribution in [3.05, 3.63) is 34.9 Å². The molecule has 0 fully saturated rings. The summed E-state index contributed by atoms with van der Waals surface area (Å²) in [7, 11) is 0. The lowest BCUT2D eigenvalue weighted by Gasteiger charge is -2.09. The first kappa shape index (κ1) is 10.7. The Kier molecular flexibility index (Phi) is 3.25. The molecule has 1 atom stereocenters. The third kappa shape index (κ3) is 2.57. The third-order valence-corrected chi connectivity index (χ3v) is 2.13. The maximum Gasteiger partial charge on any atom is 0.335 e. The summed E-state index contributed by atoms with van der Waals surface area (Å²) in [6.45, 7) is 3.84. The second kappa shape index (κ2) is 4.24. The van der Waals surface area contributed by atoms with Crippen LogP contribution in [0.25, 0.3) is 0 Å². The summed E-state index contributed by atoms with van der Waals surface area (Å²) in [6.07, 6.45) is 0.783. The van der Waals surface area contributed by atoms with E-state index < -0.39 is 5.97 Å². The van der Waals surface area contributed by atoms with Gasteiger partial charge in [0.25, 0.3) is 0 Å². The quantitative estimate of drug-likeness (QED) is 0.766. The number of nitrogens with two attached hydrogens (primary N) is 1. The lowest BCUT2D eigenvalue weighted by molar-refractivity contribution is 0.0697. The van der Waals surface area contributed by atoms with Gasteiger partial charge in [0.1, 0.15) is 0 Å². The van der Waals surface area contributed by atoms with Gasteiger partial charge in [0, 0.05) is 6.04 Å². The second-order valence-electron chi connectivity index (χ2n) is 3.63. The number of rotatable bonds is 3. The van der Waals surface area contributed by atoms with Gasteiger partial charge in [0.15, 0.2) is 0 Å². The topological polar surface area (TPSA) is 63.3 Å². The molecule has 0 saturated heterocycles. The molecule has 0 bridgehead atoms. The zero-order chi connectivity index (χ0) is 10.7. The molecule has 0 spiro atoms. The molecular weight excluding hydrogens is 178 g/mol. The molecule has 1 rings (SSSR count). The predicted molar refractivity (Wildman–Crippen MR) is 55.5 cm³/mol. The third-order valence-electron chi connectivity index (χ3n) is 2.13. The maximum atomic E-state index is 10.7. The summed E-state index contributed by atoms with van der Waals surface area (Å²) in [6, 6.07) is 5.24. The fourth-order valence-electron chi connectivity index (χ4n) is 1.40. The van der Waals surface area contributed by atoms with E-state index in [9.17, 15) is 4.79 Å². The highest BCUT2D eigenvalue weighted by Gasteiger charge is 2.06. The van der Waals surface area contributed by atoms with Gasteiger partial charge in [-0.05, 0) is 43.5 Å². The first-order valence-electron chi connectivity index (χ1n) is 4.59. The minimum atomic E-state index is -0.888. The van der Waals surface area contributed by atoms with Gasteiger partial charge in [-0.25, -0.2) is 4.79 Å². The number of aromatic carboxylic acids is 1. The lowest BCUT2D eigenvalue weighted by atomic mass is 10.00. The lowest BCUT2D eigenvalue weighted by Crippen LogP contribution is -2.18. The van der Waals surface area contributed by atoms with E-state index in [0.29, 0.717) is 5.56 Å². The standard InChI is InChI=1S/C11H15NO2/c1-7-5-10(11(13)14)4-3-9(7)6-8(2)12/h3-5,8H,6,12H2,1-2H3,(H,13,14)/t8-/m1/s1. The number of hydrogen-bond donors (Lipinski definition) is 2. The SMILES string of the molecule is Cc1cc(C(=O)O)ccc1C[C@@H](C)N. The molecule has 3 nitrogen and oxygen atoms in total. The van der Waals surface area contributed by atoms with E-state index in [0.717, 1.165) is 17.5 Å². The van der Waals surface area contributed by atoms with Crippen LogP contribution in [0.3, 0.4) is 0 Å². The number of benzene rings is 1. The van der Waals surface area contributed by atoms with E-state index in [1.54, 1.807) is 12.1 Å². The van der Waals surface area contributed by atoms with Crippen LogP contribution in [0.15, 0.2) is 18.2 Å². The first-order chi connectivity index (χ1) is 6.50. The van der Waals surface area contributed by atoms with Gasteiger partial charge in [-0.1, -0.05) is 6.07 Å². The van der Waals surface area contributed by atoms with Crippen LogP contribution in [-0.4, -0.2) is 17.1 Å². The average Bonchev–Trinajstić information content (AvgIpc) is 2.07. The van der Waals surface area contributed by atoms with Crippen LogP contribution in [0.5, 0.6) is 0 Å². The van der Waals surface area contributed by atoms with Crippen LogP contribution in [0.1, 0.15) is 28.4 Å². The molecule has 0 saturated carbocycles. The van der Waals surface area contributed by atoms with Crippen molar-refractivity contribution in [3.8, 4) is 0 Å². The van der Waals surface area contributed by atoms with Crippen molar-refractivity contribution in [1.82, 2.24) is 0 Å². The monoisotopic (exact) mass is 193 g/mol. The van der Waals surface area contributed by atoms with Gasteiger partial charge < -0.3 is 10.8 Å². The Balaban J connectivity index is 2.95. The Morgan fingerprint density at radius 3 is 2.64 bits per heavy atom. The number of carboxylic acids is 1. The molecule has 0 unspecified atom stereocenters. The van der Waals surface area contributed by atoms with E-state index in [4.69, 9.17) is 10.8 Å². The zero-order valence-corrected chi connectivity index (χ0v) is 8.45. The van der Waals surface area contributed by atoms with Crippen molar-refractivity contribution in [1.29, 1.82) is 0 Å². The normalized spacial score (nSPS) is 12.5. The molecule has 76 valence electrons. The molecule has 0 heterocycles. The summed E-state index contributed by atoms with van der Waals surface area (Å²) in [5.74, 6) is -0.888. The molecule has 3 N–H and O–H groups in total. The highest BCUT2D eigenvalue weighted by molar-refractivity contribution is 5.87. The van der Waals surface area contributed by atoms with Crippen molar-refractivity contribution in [2.45, 2.75) is 26.3 Å².